The van der Waals surface area contributed by atoms with Gasteiger partial charge in [-0.1, -0.05) is 0 Å². The summed E-state index contributed by atoms with van der Waals surface area (Å²) in [6.45, 7) is 0.931. The molecule has 1 rings (SSSR count). The van der Waals surface area contributed by atoms with Crippen molar-refractivity contribution in [2.45, 2.75) is 0 Å². The van der Waals surface area contributed by atoms with Crippen LogP contribution in [0, 0.1) is 0 Å². The van der Waals surface area contributed by atoms with Crippen LogP contribution in [0.1, 0.15) is 10.4 Å². The van der Waals surface area contributed by atoms with Crippen LogP contribution in [0.3, 0.4) is 0 Å². The third-order valence-corrected chi connectivity index (χ3v) is 2.41. The SMILES string of the molecule is COCCN(C)C(=O)c1ccc(OC)cc1O. The lowest BCUT2D eigenvalue weighted by Gasteiger charge is -2.17. The quantitative estimate of drug-likeness (QED) is 0.836. The zero-order valence-corrected chi connectivity index (χ0v) is 10.3. The smallest absolute Gasteiger partial charge is 0.257 e. The Morgan fingerprint density at radius 3 is 2.65 bits per heavy atom. The largest absolute Gasteiger partial charge is 0.507 e. The second kappa shape index (κ2) is 6.10. The maximum atomic E-state index is 11.9. The van der Waals surface area contributed by atoms with E-state index in [0.29, 0.717) is 18.9 Å². The van der Waals surface area contributed by atoms with Crippen molar-refractivity contribution in [1.29, 1.82) is 0 Å². The number of phenolic OH excluding ortho intramolecular Hbond substituents is 1. The van der Waals surface area contributed by atoms with E-state index in [-0.39, 0.29) is 17.2 Å². The van der Waals surface area contributed by atoms with Crippen molar-refractivity contribution in [2.75, 3.05) is 34.4 Å². The molecular formula is C12H17NO4. The predicted octanol–water partition coefficient (Wildman–Crippen LogP) is 1.12. The van der Waals surface area contributed by atoms with E-state index in [1.807, 2.05) is 0 Å². The highest BCUT2D eigenvalue weighted by atomic mass is 16.5. The van der Waals surface area contributed by atoms with E-state index in [0.717, 1.165) is 0 Å². The highest BCUT2D eigenvalue weighted by molar-refractivity contribution is 5.96. The summed E-state index contributed by atoms with van der Waals surface area (Å²) in [7, 11) is 4.73. The van der Waals surface area contributed by atoms with Crippen LogP contribution in [0.4, 0.5) is 0 Å². The average molecular weight is 239 g/mol. The molecular weight excluding hydrogens is 222 g/mol. The Morgan fingerprint density at radius 1 is 1.41 bits per heavy atom. The van der Waals surface area contributed by atoms with E-state index in [4.69, 9.17) is 9.47 Å². The van der Waals surface area contributed by atoms with E-state index in [9.17, 15) is 9.90 Å². The Bertz CT molecular complexity index is 392. The molecule has 0 unspecified atom stereocenters. The third kappa shape index (κ3) is 3.35. The molecule has 0 radical (unpaired) electrons. The van der Waals surface area contributed by atoms with Crippen LogP contribution >= 0.6 is 0 Å². The molecule has 0 fully saturated rings. The average Bonchev–Trinajstić information content (AvgIpc) is 2.34. The van der Waals surface area contributed by atoms with Crippen molar-refractivity contribution < 1.29 is 19.4 Å². The molecule has 1 amide bonds. The number of ether oxygens (including phenoxy) is 2. The first-order valence-electron chi connectivity index (χ1n) is 5.21. The topological polar surface area (TPSA) is 59.0 Å². The molecule has 0 bridgehead atoms. The zero-order valence-electron chi connectivity index (χ0n) is 10.3. The van der Waals surface area contributed by atoms with Crippen LogP contribution in [-0.2, 0) is 4.74 Å². The number of methoxy groups -OCH3 is 2. The highest BCUT2D eigenvalue weighted by Crippen LogP contribution is 2.24. The summed E-state index contributed by atoms with van der Waals surface area (Å²) in [5.74, 6) is 0.180. The van der Waals surface area contributed by atoms with Gasteiger partial charge in [-0.3, -0.25) is 4.79 Å². The summed E-state index contributed by atoms with van der Waals surface area (Å²) < 4.78 is 9.84. The monoisotopic (exact) mass is 239 g/mol. The number of nitrogens with zero attached hydrogens (tertiary/aromatic N) is 1. The minimum atomic E-state index is -0.248. The van der Waals surface area contributed by atoms with Gasteiger partial charge in [0.25, 0.3) is 5.91 Å². The van der Waals surface area contributed by atoms with Gasteiger partial charge in [0.15, 0.2) is 0 Å². The zero-order chi connectivity index (χ0) is 12.8. The van der Waals surface area contributed by atoms with Crippen LogP contribution in [0.15, 0.2) is 18.2 Å². The summed E-state index contributed by atoms with van der Waals surface area (Å²) in [5.41, 5.74) is 0.254. The number of carbonyl (C=O) groups is 1. The molecule has 0 aliphatic carbocycles. The summed E-state index contributed by atoms with van der Waals surface area (Å²) >= 11 is 0. The Labute approximate surface area is 101 Å². The van der Waals surface area contributed by atoms with Crippen molar-refractivity contribution in [1.82, 2.24) is 4.90 Å². The molecule has 5 heteroatoms. The minimum absolute atomic E-state index is 0.0846. The molecule has 94 valence electrons. The van der Waals surface area contributed by atoms with Gasteiger partial charge < -0.3 is 19.5 Å². The molecule has 0 saturated heterocycles. The van der Waals surface area contributed by atoms with Crippen molar-refractivity contribution in [3.63, 3.8) is 0 Å². The summed E-state index contributed by atoms with van der Waals surface area (Å²) in [5, 5.41) is 9.71. The number of phenols is 1. The first-order chi connectivity index (χ1) is 8.10. The number of amides is 1. The number of carbonyl (C=O) groups excluding carboxylic acids is 1. The molecule has 0 spiro atoms. The maximum absolute atomic E-state index is 11.9. The third-order valence-electron chi connectivity index (χ3n) is 2.41. The van der Waals surface area contributed by atoms with E-state index < -0.39 is 0 Å². The van der Waals surface area contributed by atoms with Crippen molar-refractivity contribution in [2.24, 2.45) is 0 Å². The molecule has 1 aromatic rings. The summed E-state index contributed by atoms with van der Waals surface area (Å²) in [6, 6.07) is 4.59. The molecule has 0 aliphatic heterocycles. The second-order valence-electron chi connectivity index (χ2n) is 3.60. The highest BCUT2D eigenvalue weighted by Gasteiger charge is 2.15. The molecule has 1 N–H and O–H groups in total. The van der Waals surface area contributed by atoms with Crippen LogP contribution in [0.5, 0.6) is 11.5 Å². The standard InChI is InChI=1S/C12H17NO4/c1-13(6-7-16-2)12(15)10-5-4-9(17-3)8-11(10)14/h4-5,8,14H,6-7H2,1-3H3. The number of hydrogen-bond donors (Lipinski definition) is 1. The Hall–Kier alpha value is -1.75. The van der Waals surface area contributed by atoms with Gasteiger partial charge >= 0.3 is 0 Å². The van der Waals surface area contributed by atoms with Crippen molar-refractivity contribution in [3.8, 4) is 11.5 Å². The van der Waals surface area contributed by atoms with Gasteiger partial charge in [0.05, 0.1) is 19.3 Å². The number of benzene rings is 1. The molecule has 0 aromatic heterocycles. The predicted molar refractivity (Wildman–Crippen MR) is 63.5 cm³/mol. The summed E-state index contributed by atoms with van der Waals surface area (Å²) in [4.78, 5) is 13.4. The van der Waals surface area contributed by atoms with Gasteiger partial charge in [0, 0.05) is 26.8 Å². The van der Waals surface area contributed by atoms with Crippen LogP contribution in [-0.4, -0.2) is 50.3 Å². The molecule has 0 saturated carbocycles. The lowest BCUT2D eigenvalue weighted by Crippen LogP contribution is -2.29. The lowest BCUT2D eigenvalue weighted by atomic mass is 10.1. The van der Waals surface area contributed by atoms with E-state index in [1.165, 1.54) is 18.1 Å². The van der Waals surface area contributed by atoms with Crippen molar-refractivity contribution >= 4 is 5.91 Å². The minimum Gasteiger partial charge on any atom is -0.507 e. The summed E-state index contributed by atoms with van der Waals surface area (Å²) in [6.07, 6.45) is 0. The van der Waals surface area contributed by atoms with Crippen molar-refractivity contribution in [3.05, 3.63) is 23.8 Å². The molecule has 5 nitrogen and oxygen atoms in total. The van der Waals surface area contributed by atoms with Gasteiger partial charge in [-0.25, -0.2) is 0 Å². The van der Waals surface area contributed by atoms with Gasteiger partial charge in [-0.05, 0) is 12.1 Å². The number of aromatic hydroxyl groups is 1. The van der Waals surface area contributed by atoms with Crippen LogP contribution in [0.2, 0.25) is 0 Å². The fourth-order valence-corrected chi connectivity index (χ4v) is 1.35. The van der Waals surface area contributed by atoms with Gasteiger partial charge in [0.2, 0.25) is 0 Å². The fourth-order valence-electron chi connectivity index (χ4n) is 1.35. The van der Waals surface area contributed by atoms with Crippen LogP contribution in [0.25, 0.3) is 0 Å². The van der Waals surface area contributed by atoms with Gasteiger partial charge in [-0.2, -0.15) is 0 Å². The normalized spacial score (nSPS) is 10.1. The Kier molecular flexibility index (Phi) is 4.78. The lowest BCUT2D eigenvalue weighted by molar-refractivity contribution is 0.0741. The molecule has 0 atom stereocenters. The second-order valence-corrected chi connectivity index (χ2v) is 3.60. The number of hydrogen-bond acceptors (Lipinski definition) is 4. The fraction of sp³-hybridized carbons (Fsp3) is 0.417. The Balaban J connectivity index is 2.81. The number of likely N-dealkylation sites (N-methyl/N-ethyl adjacent to an activating group) is 1. The first-order valence-corrected chi connectivity index (χ1v) is 5.21. The molecule has 0 heterocycles. The van der Waals surface area contributed by atoms with Gasteiger partial charge in [0.1, 0.15) is 11.5 Å². The van der Waals surface area contributed by atoms with Gasteiger partial charge in [-0.15, -0.1) is 0 Å². The first kappa shape index (κ1) is 13.3. The maximum Gasteiger partial charge on any atom is 0.257 e. The van der Waals surface area contributed by atoms with Crippen LogP contribution < -0.4 is 4.74 Å². The van der Waals surface area contributed by atoms with E-state index >= 15 is 0 Å². The Morgan fingerprint density at radius 2 is 2.12 bits per heavy atom. The van der Waals surface area contributed by atoms with E-state index in [1.54, 1.807) is 26.3 Å². The van der Waals surface area contributed by atoms with E-state index in [2.05, 4.69) is 0 Å². The molecule has 17 heavy (non-hydrogen) atoms. The molecule has 0 aliphatic rings. The molecule has 1 aromatic carbocycles. The number of rotatable bonds is 5.